The predicted molar refractivity (Wildman–Crippen MR) is 71.8 cm³/mol. The van der Waals surface area contributed by atoms with E-state index in [1.54, 1.807) is 7.11 Å². The molecule has 2 amide bonds. The Bertz CT molecular complexity index is 251. The van der Waals surface area contributed by atoms with E-state index < -0.39 is 6.04 Å². The van der Waals surface area contributed by atoms with E-state index >= 15 is 0 Å². The van der Waals surface area contributed by atoms with Crippen LogP contribution in [0.15, 0.2) is 0 Å². The Balaban J connectivity index is 3.59. The van der Waals surface area contributed by atoms with Gasteiger partial charge >= 0.3 is 0 Å². The van der Waals surface area contributed by atoms with Crippen molar-refractivity contribution in [3.05, 3.63) is 0 Å². The topological polar surface area (TPSA) is 76.7 Å². The van der Waals surface area contributed by atoms with Crippen LogP contribution in [0.2, 0.25) is 0 Å². The monoisotopic (exact) mass is 278 g/mol. The van der Waals surface area contributed by atoms with E-state index in [1.807, 2.05) is 0 Å². The van der Waals surface area contributed by atoms with E-state index in [2.05, 4.69) is 23.3 Å². The highest BCUT2D eigenvalue weighted by Crippen LogP contribution is 1.89. The molecule has 7 heteroatoms. The molecule has 0 aromatic carbocycles. The average Bonchev–Trinajstić information content (AvgIpc) is 2.34. The fourth-order valence-corrected chi connectivity index (χ4v) is 1.45. The molecule has 0 heterocycles. The normalized spacial score (nSPS) is 11.9. The lowest BCUT2D eigenvalue weighted by Crippen LogP contribution is -2.47. The van der Waals surface area contributed by atoms with Crippen LogP contribution in [0.5, 0.6) is 0 Å². The molecular formula is C11H22N2O4S. The van der Waals surface area contributed by atoms with Crippen molar-refractivity contribution in [1.29, 1.82) is 0 Å². The highest BCUT2D eigenvalue weighted by atomic mass is 32.1. The Kier molecular flexibility index (Phi) is 10.8. The highest BCUT2D eigenvalue weighted by molar-refractivity contribution is 7.80. The van der Waals surface area contributed by atoms with Gasteiger partial charge in [0.1, 0.15) is 6.04 Å². The van der Waals surface area contributed by atoms with Crippen molar-refractivity contribution < 1.29 is 19.1 Å². The minimum absolute atomic E-state index is 0.225. The van der Waals surface area contributed by atoms with Crippen molar-refractivity contribution >= 4 is 24.4 Å². The zero-order chi connectivity index (χ0) is 13.8. The number of carbonyl (C=O) groups excluding carboxylic acids is 2. The third-order valence-electron chi connectivity index (χ3n) is 2.07. The van der Waals surface area contributed by atoms with E-state index in [4.69, 9.17) is 9.47 Å². The first-order chi connectivity index (χ1) is 8.61. The number of carbonyl (C=O) groups is 2. The summed E-state index contributed by atoms with van der Waals surface area (Å²) in [6.07, 6.45) is 0.717. The molecule has 0 saturated heterocycles. The smallest absolute Gasteiger partial charge is 0.243 e. The molecule has 1 atom stereocenters. The van der Waals surface area contributed by atoms with Crippen LogP contribution < -0.4 is 10.6 Å². The maximum absolute atomic E-state index is 11.6. The lowest BCUT2D eigenvalue weighted by molar-refractivity contribution is -0.127. The first-order valence-electron chi connectivity index (χ1n) is 5.84. The fraction of sp³-hybridized carbons (Fsp3) is 0.818. The van der Waals surface area contributed by atoms with Gasteiger partial charge in [-0.3, -0.25) is 9.59 Å². The van der Waals surface area contributed by atoms with E-state index in [9.17, 15) is 9.59 Å². The van der Waals surface area contributed by atoms with Gasteiger partial charge in [0.25, 0.3) is 0 Å². The van der Waals surface area contributed by atoms with Crippen LogP contribution in [0.3, 0.4) is 0 Å². The number of rotatable bonds is 10. The number of ether oxygens (including phenoxy) is 2. The molecule has 0 aliphatic rings. The molecule has 0 aromatic heterocycles. The minimum atomic E-state index is -0.583. The van der Waals surface area contributed by atoms with Gasteiger partial charge in [0.15, 0.2) is 0 Å². The van der Waals surface area contributed by atoms with Crippen molar-refractivity contribution in [1.82, 2.24) is 10.6 Å². The Morgan fingerprint density at radius 3 is 2.56 bits per heavy atom. The van der Waals surface area contributed by atoms with Gasteiger partial charge in [0.2, 0.25) is 11.8 Å². The molecule has 0 radical (unpaired) electrons. The van der Waals surface area contributed by atoms with Gasteiger partial charge in [-0.25, -0.2) is 0 Å². The number of methoxy groups -OCH3 is 1. The molecule has 2 N–H and O–H groups in total. The van der Waals surface area contributed by atoms with Gasteiger partial charge in [-0.1, -0.05) is 0 Å². The van der Waals surface area contributed by atoms with E-state index in [0.717, 1.165) is 6.42 Å². The summed E-state index contributed by atoms with van der Waals surface area (Å²) in [6, 6.07) is -0.583. The van der Waals surface area contributed by atoms with E-state index in [-0.39, 0.29) is 17.6 Å². The van der Waals surface area contributed by atoms with Gasteiger partial charge in [0, 0.05) is 32.9 Å². The Labute approximate surface area is 113 Å². The van der Waals surface area contributed by atoms with Crippen LogP contribution in [-0.2, 0) is 19.1 Å². The summed E-state index contributed by atoms with van der Waals surface area (Å²) in [5.41, 5.74) is 0. The van der Waals surface area contributed by atoms with Crippen molar-refractivity contribution in [2.45, 2.75) is 19.4 Å². The van der Waals surface area contributed by atoms with Crippen molar-refractivity contribution in [3.63, 3.8) is 0 Å². The van der Waals surface area contributed by atoms with Crippen molar-refractivity contribution in [2.75, 3.05) is 39.2 Å². The second-order valence-corrected chi connectivity index (χ2v) is 4.05. The summed E-state index contributed by atoms with van der Waals surface area (Å²) in [5.74, 6) is -0.195. The van der Waals surface area contributed by atoms with Crippen LogP contribution in [0.25, 0.3) is 0 Å². The number of amides is 2. The quantitative estimate of drug-likeness (QED) is 0.375. The third kappa shape index (κ3) is 9.26. The summed E-state index contributed by atoms with van der Waals surface area (Å²) in [7, 11) is 1.61. The minimum Gasteiger partial charge on any atom is -0.382 e. The SMILES string of the molecule is COCCOCCCNC(=O)C(CS)NC(C)=O. The third-order valence-corrected chi connectivity index (χ3v) is 2.44. The zero-order valence-electron chi connectivity index (χ0n) is 10.9. The van der Waals surface area contributed by atoms with Gasteiger partial charge in [0.05, 0.1) is 13.2 Å². The molecule has 0 saturated carbocycles. The highest BCUT2D eigenvalue weighted by Gasteiger charge is 2.16. The van der Waals surface area contributed by atoms with Gasteiger partial charge < -0.3 is 20.1 Å². The Hall–Kier alpha value is -0.790. The summed E-state index contributed by atoms with van der Waals surface area (Å²) in [4.78, 5) is 22.4. The molecule has 1 unspecified atom stereocenters. The van der Waals surface area contributed by atoms with Crippen molar-refractivity contribution in [2.24, 2.45) is 0 Å². The Morgan fingerprint density at radius 1 is 1.28 bits per heavy atom. The average molecular weight is 278 g/mol. The number of hydrogen-bond donors (Lipinski definition) is 3. The molecule has 0 bridgehead atoms. The summed E-state index contributed by atoms with van der Waals surface area (Å²) >= 11 is 4.02. The van der Waals surface area contributed by atoms with Crippen LogP contribution in [-0.4, -0.2) is 57.1 Å². The standard InChI is InChI=1S/C11H22N2O4S/c1-9(14)13-10(8-18)11(15)12-4-3-5-17-7-6-16-2/h10,18H,3-8H2,1-2H3,(H,12,15)(H,13,14). The van der Waals surface area contributed by atoms with Crippen LogP contribution >= 0.6 is 12.6 Å². The largest absolute Gasteiger partial charge is 0.382 e. The van der Waals surface area contributed by atoms with E-state index in [1.165, 1.54) is 6.92 Å². The molecule has 106 valence electrons. The lowest BCUT2D eigenvalue weighted by atomic mass is 10.3. The van der Waals surface area contributed by atoms with Crippen LogP contribution in [0.4, 0.5) is 0 Å². The molecule has 0 fully saturated rings. The molecule has 0 aromatic rings. The fourth-order valence-electron chi connectivity index (χ4n) is 1.19. The number of nitrogens with one attached hydrogen (secondary N) is 2. The Morgan fingerprint density at radius 2 is 2.00 bits per heavy atom. The van der Waals surface area contributed by atoms with Crippen LogP contribution in [0, 0.1) is 0 Å². The second-order valence-electron chi connectivity index (χ2n) is 3.69. The molecular weight excluding hydrogens is 256 g/mol. The molecule has 0 aliphatic carbocycles. The second kappa shape index (κ2) is 11.3. The van der Waals surface area contributed by atoms with Gasteiger partial charge in [-0.2, -0.15) is 12.6 Å². The molecule has 0 rings (SSSR count). The lowest BCUT2D eigenvalue weighted by Gasteiger charge is -2.15. The first-order valence-corrected chi connectivity index (χ1v) is 6.47. The maximum Gasteiger partial charge on any atom is 0.243 e. The van der Waals surface area contributed by atoms with Gasteiger partial charge in [-0.05, 0) is 6.42 Å². The van der Waals surface area contributed by atoms with Crippen molar-refractivity contribution in [3.8, 4) is 0 Å². The summed E-state index contributed by atoms with van der Waals surface area (Å²) < 4.78 is 10.1. The van der Waals surface area contributed by atoms with E-state index in [0.29, 0.717) is 26.4 Å². The molecule has 6 nitrogen and oxygen atoms in total. The summed E-state index contributed by atoms with van der Waals surface area (Å²) in [6.45, 7) is 3.56. The molecule has 0 aliphatic heterocycles. The zero-order valence-corrected chi connectivity index (χ0v) is 11.8. The summed E-state index contributed by atoms with van der Waals surface area (Å²) in [5, 5.41) is 5.24. The number of hydrogen-bond acceptors (Lipinski definition) is 5. The van der Waals surface area contributed by atoms with Crippen LogP contribution in [0.1, 0.15) is 13.3 Å². The first kappa shape index (κ1) is 17.2. The molecule has 18 heavy (non-hydrogen) atoms. The van der Waals surface area contributed by atoms with Gasteiger partial charge in [-0.15, -0.1) is 0 Å². The predicted octanol–water partition coefficient (Wildman–Crippen LogP) is -0.410. The molecule has 0 spiro atoms. The maximum atomic E-state index is 11.6. The number of thiol groups is 1.